The van der Waals surface area contributed by atoms with Gasteiger partial charge in [-0.3, -0.25) is 14.6 Å². The van der Waals surface area contributed by atoms with Crippen molar-refractivity contribution >= 4 is 40.8 Å². The van der Waals surface area contributed by atoms with E-state index >= 15 is 0 Å². The number of hydrogen-bond donors (Lipinski definition) is 1. The first-order chi connectivity index (χ1) is 19.3. The maximum absolute atomic E-state index is 13.7. The van der Waals surface area contributed by atoms with Crippen molar-refractivity contribution < 1.29 is 9.59 Å². The molecule has 0 radical (unpaired) electrons. The fourth-order valence-electron chi connectivity index (χ4n) is 5.70. The Morgan fingerprint density at radius 1 is 1.15 bits per heavy atom. The highest BCUT2D eigenvalue weighted by molar-refractivity contribution is 6.35. The standard InChI is InChI=1S/C31H33Cl2N5O2/c1-21-28(33)17-25(32)18-29(21)35-31(40)38(15-14-36-13-11-27(20-36)37-12-3-6-30(37)39)26-9-7-23(8-10-26)24-5-2-4-22(16-24)19-34/h2,4-5,7-10,16-18,21,27,29H,3,6,11-15,20H2,1H3,(H,35,40)/t21?,27-,29?/m1/s1. The number of nitriles is 1. The maximum Gasteiger partial charge on any atom is 0.322 e. The molecule has 2 aromatic rings. The quantitative estimate of drug-likeness (QED) is 0.457. The van der Waals surface area contributed by atoms with Gasteiger partial charge in [0.1, 0.15) is 0 Å². The number of rotatable bonds is 7. The number of anilines is 1. The number of carbonyl (C=O) groups excluding carboxylic acids is 2. The van der Waals surface area contributed by atoms with Gasteiger partial charge in [-0.1, -0.05) is 54.4 Å². The molecule has 2 fully saturated rings. The Hall–Kier alpha value is -3.31. The lowest BCUT2D eigenvalue weighted by Gasteiger charge is -2.31. The second-order valence-electron chi connectivity index (χ2n) is 10.7. The van der Waals surface area contributed by atoms with E-state index < -0.39 is 0 Å². The normalized spacial score (nSPS) is 23.0. The molecule has 2 heterocycles. The highest BCUT2D eigenvalue weighted by Crippen LogP contribution is 2.30. The molecule has 9 heteroatoms. The average molecular weight is 579 g/mol. The summed E-state index contributed by atoms with van der Waals surface area (Å²) in [4.78, 5) is 32.1. The van der Waals surface area contributed by atoms with E-state index in [4.69, 9.17) is 23.2 Å². The predicted molar refractivity (Wildman–Crippen MR) is 159 cm³/mol. The fraction of sp³-hybridized carbons (Fsp3) is 0.387. The molecule has 1 aliphatic carbocycles. The SMILES string of the molecule is CC1C(Cl)=CC(Cl)=CC1NC(=O)N(CCN1CC[C@@H](N2CCCC2=O)C1)c1ccc(-c2cccc(C#N)c2)cc1. The van der Waals surface area contributed by atoms with Crippen molar-refractivity contribution in [1.29, 1.82) is 5.26 Å². The van der Waals surface area contributed by atoms with Gasteiger partial charge in [-0.15, -0.1) is 0 Å². The van der Waals surface area contributed by atoms with Crippen molar-refractivity contribution in [3.8, 4) is 17.2 Å². The minimum Gasteiger partial charge on any atom is -0.338 e. The Balaban J connectivity index is 1.32. The molecule has 2 unspecified atom stereocenters. The van der Waals surface area contributed by atoms with Crippen LogP contribution >= 0.6 is 23.2 Å². The van der Waals surface area contributed by atoms with Crippen molar-refractivity contribution in [1.82, 2.24) is 15.1 Å². The van der Waals surface area contributed by atoms with Gasteiger partial charge >= 0.3 is 6.03 Å². The highest BCUT2D eigenvalue weighted by atomic mass is 35.5. The number of carbonyl (C=O) groups is 2. The summed E-state index contributed by atoms with van der Waals surface area (Å²) in [5.41, 5.74) is 3.27. The topological polar surface area (TPSA) is 79.7 Å². The Morgan fingerprint density at radius 2 is 1.95 bits per heavy atom. The lowest BCUT2D eigenvalue weighted by molar-refractivity contribution is -0.129. The van der Waals surface area contributed by atoms with E-state index in [9.17, 15) is 14.9 Å². The van der Waals surface area contributed by atoms with Crippen LogP contribution in [0.2, 0.25) is 0 Å². The van der Waals surface area contributed by atoms with Crippen molar-refractivity contribution in [3.63, 3.8) is 0 Å². The van der Waals surface area contributed by atoms with Crippen molar-refractivity contribution in [2.75, 3.05) is 37.6 Å². The van der Waals surface area contributed by atoms with Gasteiger partial charge in [0.05, 0.1) is 17.7 Å². The average Bonchev–Trinajstić information content (AvgIpc) is 3.60. The molecule has 40 heavy (non-hydrogen) atoms. The summed E-state index contributed by atoms with van der Waals surface area (Å²) in [7, 11) is 0. The summed E-state index contributed by atoms with van der Waals surface area (Å²) in [6, 6.07) is 17.1. The first-order valence-electron chi connectivity index (χ1n) is 13.8. The number of amides is 3. The van der Waals surface area contributed by atoms with E-state index in [1.165, 1.54) is 0 Å². The number of likely N-dealkylation sites (tertiary alicyclic amines) is 2. The van der Waals surface area contributed by atoms with E-state index in [0.717, 1.165) is 49.3 Å². The number of nitrogens with one attached hydrogen (secondary N) is 1. The summed E-state index contributed by atoms with van der Waals surface area (Å²) in [5.74, 6) is 0.163. The number of urea groups is 1. The van der Waals surface area contributed by atoms with Crippen LogP contribution in [0.4, 0.5) is 10.5 Å². The number of hydrogen-bond acceptors (Lipinski definition) is 4. The van der Waals surface area contributed by atoms with E-state index in [2.05, 4.69) is 16.3 Å². The number of nitrogens with zero attached hydrogens (tertiary/aromatic N) is 4. The zero-order valence-corrected chi connectivity index (χ0v) is 24.0. The summed E-state index contributed by atoms with van der Waals surface area (Å²) in [5, 5.41) is 13.5. The van der Waals surface area contributed by atoms with Crippen LogP contribution in [0.3, 0.4) is 0 Å². The molecule has 3 aliphatic rings. The van der Waals surface area contributed by atoms with Crippen molar-refractivity contribution in [3.05, 3.63) is 76.3 Å². The van der Waals surface area contributed by atoms with Crippen LogP contribution in [0.15, 0.2) is 70.7 Å². The molecule has 0 bridgehead atoms. The van der Waals surface area contributed by atoms with Gasteiger partial charge in [0.2, 0.25) is 5.91 Å². The molecule has 3 amide bonds. The second-order valence-corrected chi connectivity index (χ2v) is 11.5. The van der Waals surface area contributed by atoms with E-state index in [-0.39, 0.29) is 29.9 Å². The molecule has 208 valence electrons. The molecular weight excluding hydrogens is 545 g/mol. The fourth-order valence-corrected chi connectivity index (χ4v) is 6.26. The third-order valence-corrected chi connectivity index (χ3v) is 8.75. The van der Waals surface area contributed by atoms with E-state index in [1.807, 2.05) is 60.4 Å². The molecule has 2 saturated heterocycles. The van der Waals surface area contributed by atoms with Gasteiger partial charge in [0.25, 0.3) is 0 Å². The Morgan fingerprint density at radius 3 is 2.67 bits per heavy atom. The molecule has 0 spiro atoms. The molecule has 0 saturated carbocycles. The summed E-state index contributed by atoms with van der Waals surface area (Å²) >= 11 is 12.6. The van der Waals surface area contributed by atoms with Crippen LogP contribution in [0, 0.1) is 17.2 Å². The molecule has 1 N–H and O–H groups in total. The molecular formula is C31H33Cl2N5O2. The van der Waals surface area contributed by atoms with E-state index in [0.29, 0.717) is 35.1 Å². The molecule has 3 atom stereocenters. The van der Waals surface area contributed by atoms with Crippen molar-refractivity contribution in [2.24, 2.45) is 5.92 Å². The van der Waals surface area contributed by atoms with Crippen molar-refractivity contribution in [2.45, 2.75) is 38.3 Å². The Kier molecular flexibility index (Phi) is 8.80. The summed E-state index contributed by atoms with van der Waals surface area (Å²) in [6.07, 6.45) is 6.08. The Labute approximate surface area is 245 Å². The van der Waals surface area contributed by atoms with Crippen LogP contribution in [0.1, 0.15) is 31.7 Å². The van der Waals surface area contributed by atoms with Gasteiger partial charge in [-0.2, -0.15) is 5.26 Å². The highest BCUT2D eigenvalue weighted by Gasteiger charge is 2.33. The smallest absolute Gasteiger partial charge is 0.322 e. The number of benzene rings is 2. The molecule has 2 aromatic carbocycles. The monoisotopic (exact) mass is 577 g/mol. The summed E-state index contributed by atoms with van der Waals surface area (Å²) in [6.45, 7) is 5.71. The molecule has 0 aromatic heterocycles. The van der Waals surface area contributed by atoms with Gasteiger partial charge in [0, 0.05) is 66.9 Å². The molecule has 7 nitrogen and oxygen atoms in total. The first-order valence-corrected chi connectivity index (χ1v) is 14.5. The zero-order valence-electron chi connectivity index (χ0n) is 22.5. The largest absolute Gasteiger partial charge is 0.338 e. The number of halogens is 2. The molecule has 2 aliphatic heterocycles. The second kappa shape index (κ2) is 12.5. The first kappa shape index (κ1) is 28.2. The number of allylic oxidation sites excluding steroid dienone is 2. The van der Waals surface area contributed by atoms with Crippen LogP contribution in [0.25, 0.3) is 11.1 Å². The van der Waals surface area contributed by atoms with Gasteiger partial charge in [-0.05, 0) is 60.4 Å². The van der Waals surface area contributed by atoms with Gasteiger partial charge in [0.15, 0.2) is 0 Å². The maximum atomic E-state index is 13.7. The van der Waals surface area contributed by atoms with Gasteiger partial charge in [-0.25, -0.2) is 4.79 Å². The lowest BCUT2D eigenvalue weighted by Crippen LogP contribution is -2.49. The van der Waals surface area contributed by atoms with Crippen LogP contribution < -0.4 is 10.2 Å². The minimum absolute atomic E-state index is 0.0953. The van der Waals surface area contributed by atoms with E-state index in [1.54, 1.807) is 17.0 Å². The Bertz CT molecular complexity index is 1370. The third-order valence-electron chi connectivity index (χ3n) is 8.07. The minimum atomic E-state index is -0.328. The van der Waals surface area contributed by atoms with Crippen LogP contribution in [-0.4, -0.2) is 66.5 Å². The van der Waals surface area contributed by atoms with Crippen LogP contribution in [-0.2, 0) is 4.79 Å². The zero-order chi connectivity index (χ0) is 28.2. The van der Waals surface area contributed by atoms with Gasteiger partial charge < -0.3 is 10.2 Å². The summed E-state index contributed by atoms with van der Waals surface area (Å²) < 4.78 is 0. The molecule has 5 rings (SSSR count). The lowest BCUT2D eigenvalue weighted by atomic mass is 9.97. The predicted octanol–water partition coefficient (Wildman–Crippen LogP) is 5.70. The third kappa shape index (κ3) is 6.36. The van der Waals surface area contributed by atoms with Crippen LogP contribution in [0.5, 0.6) is 0 Å².